The molecule has 0 aromatic heterocycles. The number of aliphatic carboxylic acids is 1. The summed E-state index contributed by atoms with van der Waals surface area (Å²) in [5, 5.41) is 9.42. The molecule has 2 aromatic carbocycles. The summed E-state index contributed by atoms with van der Waals surface area (Å²) < 4.78 is 0. The van der Waals surface area contributed by atoms with Crippen LogP contribution in [0.3, 0.4) is 0 Å². The van der Waals surface area contributed by atoms with Crippen LogP contribution >= 0.6 is 0 Å². The van der Waals surface area contributed by atoms with Crippen molar-refractivity contribution in [2.24, 2.45) is 0 Å². The lowest BCUT2D eigenvalue weighted by atomic mass is 10.1. The minimum Gasteiger partial charge on any atom is -0.480 e. The topological polar surface area (TPSA) is 77.9 Å². The van der Waals surface area contributed by atoms with Crippen molar-refractivity contribution >= 4 is 17.8 Å². The summed E-state index contributed by atoms with van der Waals surface area (Å²) in [5.41, 5.74) is 1.51. The fraction of sp³-hybridized carbons (Fsp3) is 0.286. The van der Waals surface area contributed by atoms with Crippen LogP contribution < -0.4 is 0 Å². The van der Waals surface area contributed by atoms with Crippen molar-refractivity contribution in [2.75, 3.05) is 13.6 Å². The van der Waals surface area contributed by atoms with Gasteiger partial charge >= 0.3 is 5.97 Å². The molecule has 6 nitrogen and oxygen atoms in total. The highest BCUT2D eigenvalue weighted by molar-refractivity contribution is 6.00. The number of nitrogens with zero attached hydrogens (tertiary/aromatic N) is 2. The molecule has 27 heavy (non-hydrogen) atoms. The lowest BCUT2D eigenvalue weighted by Gasteiger charge is -2.27. The third kappa shape index (κ3) is 4.94. The highest BCUT2D eigenvalue weighted by Crippen LogP contribution is 2.16. The van der Waals surface area contributed by atoms with Gasteiger partial charge in [-0.05, 0) is 37.6 Å². The summed E-state index contributed by atoms with van der Waals surface area (Å²) in [6.07, 6.45) is 0. The number of amides is 2. The van der Waals surface area contributed by atoms with E-state index in [1.54, 1.807) is 30.1 Å². The molecule has 0 aliphatic heterocycles. The van der Waals surface area contributed by atoms with Crippen molar-refractivity contribution in [1.29, 1.82) is 0 Å². The SMILES string of the molecule is CCN(C)C(=O)c1cccc(C(=O)N(Cc2ccccc2)C(C)C(=O)O)c1. The van der Waals surface area contributed by atoms with Crippen LogP contribution in [-0.2, 0) is 11.3 Å². The van der Waals surface area contributed by atoms with Gasteiger partial charge in [-0.3, -0.25) is 9.59 Å². The number of carboxylic acid groups (broad SMARTS) is 1. The Morgan fingerprint density at radius 1 is 0.963 bits per heavy atom. The first kappa shape index (κ1) is 20.2. The molecular formula is C21H24N2O4. The molecule has 0 spiro atoms. The first-order chi connectivity index (χ1) is 12.8. The molecule has 0 aliphatic carbocycles. The summed E-state index contributed by atoms with van der Waals surface area (Å²) in [6, 6.07) is 14.6. The third-order valence-corrected chi connectivity index (χ3v) is 4.46. The van der Waals surface area contributed by atoms with Crippen LogP contribution in [0.1, 0.15) is 40.1 Å². The molecule has 0 aliphatic rings. The highest BCUT2D eigenvalue weighted by Gasteiger charge is 2.27. The molecule has 0 radical (unpaired) electrons. The van der Waals surface area contributed by atoms with Crippen LogP contribution in [-0.4, -0.2) is 52.3 Å². The fourth-order valence-electron chi connectivity index (χ4n) is 2.61. The number of benzene rings is 2. The van der Waals surface area contributed by atoms with Gasteiger partial charge in [0.1, 0.15) is 6.04 Å². The normalized spacial score (nSPS) is 11.5. The van der Waals surface area contributed by atoms with Gasteiger partial charge < -0.3 is 14.9 Å². The third-order valence-electron chi connectivity index (χ3n) is 4.46. The smallest absolute Gasteiger partial charge is 0.326 e. The van der Waals surface area contributed by atoms with Gasteiger partial charge in [0.2, 0.25) is 0 Å². The molecule has 0 fully saturated rings. The predicted octanol–water partition coefficient (Wildman–Crippen LogP) is 2.89. The zero-order valence-corrected chi connectivity index (χ0v) is 15.8. The first-order valence-electron chi connectivity index (χ1n) is 8.78. The van der Waals surface area contributed by atoms with E-state index in [0.29, 0.717) is 12.1 Å². The number of hydrogen-bond donors (Lipinski definition) is 1. The minimum absolute atomic E-state index is 0.167. The summed E-state index contributed by atoms with van der Waals surface area (Å²) in [7, 11) is 1.69. The Balaban J connectivity index is 2.34. The minimum atomic E-state index is -1.09. The van der Waals surface area contributed by atoms with E-state index in [1.807, 2.05) is 37.3 Å². The number of hydrogen-bond acceptors (Lipinski definition) is 3. The van der Waals surface area contributed by atoms with Gasteiger partial charge in [-0.2, -0.15) is 0 Å². The van der Waals surface area contributed by atoms with Crippen LogP contribution in [0.2, 0.25) is 0 Å². The molecule has 2 aromatic rings. The van der Waals surface area contributed by atoms with E-state index < -0.39 is 17.9 Å². The molecule has 1 N–H and O–H groups in total. The van der Waals surface area contributed by atoms with Crippen molar-refractivity contribution in [2.45, 2.75) is 26.4 Å². The van der Waals surface area contributed by atoms with E-state index in [2.05, 4.69) is 0 Å². The Morgan fingerprint density at radius 3 is 2.11 bits per heavy atom. The Kier molecular flexibility index (Phi) is 6.71. The van der Waals surface area contributed by atoms with E-state index in [1.165, 1.54) is 17.9 Å². The highest BCUT2D eigenvalue weighted by atomic mass is 16.4. The fourth-order valence-corrected chi connectivity index (χ4v) is 2.61. The second-order valence-electron chi connectivity index (χ2n) is 6.33. The van der Waals surface area contributed by atoms with Crippen molar-refractivity contribution in [3.8, 4) is 0 Å². The van der Waals surface area contributed by atoms with Crippen LogP contribution in [0.5, 0.6) is 0 Å². The monoisotopic (exact) mass is 368 g/mol. The number of rotatable bonds is 7. The maximum atomic E-state index is 13.0. The molecule has 2 amide bonds. The van der Waals surface area contributed by atoms with Gasteiger partial charge in [0, 0.05) is 31.3 Å². The quantitative estimate of drug-likeness (QED) is 0.815. The number of carbonyl (C=O) groups excluding carboxylic acids is 2. The molecule has 1 unspecified atom stereocenters. The Bertz CT molecular complexity index is 820. The molecular weight excluding hydrogens is 344 g/mol. The van der Waals surface area contributed by atoms with Crippen molar-refractivity contribution in [3.63, 3.8) is 0 Å². The van der Waals surface area contributed by atoms with E-state index in [9.17, 15) is 19.5 Å². The zero-order chi connectivity index (χ0) is 20.0. The van der Waals surface area contributed by atoms with Gasteiger partial charge in [-0.1, -0.05) is 36.4 Å². The van der Waals surface area contributed by atoms with E-state index in [-0.39, 0.29) is 18.0 Å². The molecule has 0 saturated heterocycles. The summed E-state index contributed by atoms with van der Waals surface area (Å²) in [4.78, 5) is 39.8. The molecule has 6 heteroatoms. The van der Waals surface area contributed by atoms with Gasteiger partial charge in [0.25, 0.3) is 11.8 Å². The van der Waals surface area contributed by atoms with Gasteiger partial charge in [-0.25, -0.2) is 4.79 Å². The van der Waals surface area contributed by atoms with Gasteiger partial charge in [-0.15, -0.1) is 0 Å². The zero-order valence-electron chi connectivity index (χ0n) is 15.8. The van der Waals surface area contributed by atoms with Crippen LogP contribution in [0.15, 0.2) is 54.6 Å². The molecule has 2 rings (SSSR count). The van der Waals surface area contributed by atoms with Crippen molar-refractivity contribution < 1.29 is 19.5 Å². The van der Waals surface area contributed by atoms with Gasteiger partial charge in [0.05, 0.1) is 0 Å². The van der Waals surface area contributed by atoms with E-state index in [0.717, 1.165) is 5.56 Å². The Hall–Kier alpha value is -3.15. The number of carboxylic acids is 1. The maximum absolute atomic E-state index is 13.0. The lowest BCUT2D eigenvalue weighted by Crippen LogP contribution is -2.42. The van der Waals surface area contributed by atoms with Crippen LogP contribution in [0.4, 0.5) is 0 Å². The molecule has 1 atom stereocenters. The van der Waals surface area contributed by atoms with Crippen LogP contribution in [0.25, 0.3) is 0 Å². The van der Waals surface area contributed by atoms with Crippen molar-refractivity contribution in [1.82, 2.24) is 9.80 Å². The van der Waals surface area contributed by atoms with E-state index >= 15 is 0 Å². The average Bonchev–Trinajstić information content (AvgIpc) is 2.70. The predicted molar refractivity (Wildman–Crippen MR) is 102 cm³/mol. The summed E-state index contributed by atoms with van der Waals surface area (Å²) in [5.74, 6) is -1.70. The Labute approximate surface area is 159 Å². The summed E-state index contributed by atoms with van der Waals surface area (Å²) >= 11 is 0. The largest absolute Gasteiger partial charge is 0.480 e. The summed E-state index contributed by atoms with van der Waals surface area (Å²) in [6.45, 7) is 4.06. The molecule has 0 heterocycles. The average molecular weight is 368 g/mol. The van der Waals surface area contributed by atoms with Gasteiger partial charge in [0.15, 0.2) is 0 Å². The molecule has 0 bridgehead atoms. The molecule has 142 valence electrons. The second kappa shape index (κ2) is 8.98. The Morgan fingerprint density at radius 2 is 1.56 bits per heavy atom. The van der Waals surface area contributed by atoms with Crippen molar-refractivity contribution in [3.05, 3.63) is 71.3 Å². The molecule has 0 saturated carbocycles. The van der Waals surface area contributed by atoms with Crippen LogP contribution in [0, 0.1) is 0 Å². The van der Waals surface area contributed by atoms with E-state index in [4.69, 9.17) is 0 Å². The number of carbonyl (C=O) groups is 3. The maximum Gasteiger partial charge on any atom is 0.326 e. The first-order valence-corrected chi connectivity index (χ1v) is 8.78. The standard InChI is InChI=1S/C21H24N2O4/c1-4-22(3)19(24)17-11-8-12-18(13-17)20(25)23(15(2)21(26)27)14-16-9-6-5-7-10-16/h5-13,15H,4,14H2,1-3H3,(H,26,27). The second-order valence-corrected chi connectivity index (χ2v) is 6.33. The lowest BCUT2D eigenvalue weighted by molar-refractivity contribution is -0.141.